The van der Waals surface area contributed by atoms with Crippen LogP contribution in [0.25, 0.3) is 0 Å². The Labute approximate surface area is 111 Å². The minimum absolute atomic E-state index is 1.05. The normalized spacial score (nSPS) is 10.6. The van der Waals surface area contributed by atoms with Crippen LogP contribution in [0.2, 0.25) is 0 Å². The van der Waals surface area contributed by atoms with Crippen molar-refractivity contribution >= 4 is 0 Å². The van der Waals surface area contributed by atoms with Gasteiger partial charge >= 0.3 is 0 Å². The van der Waals surface area contributed by atoms with Gasteiger partial charge < -0.3 is 0 Å². The molecule has 0 aliphatic heterocycles. The molecular formula is C18H22. The Balaban J connectivity index is 2.28. The summed E-state index contributed by atoms with van der Waals surface area (Å²) < 4.78 is 0. The van der Waals surface area contributed by atoms with Gasteiger partial charge in [-0.05, 0) is 48.9 Å². The van der Waals surface area contributed by atoms with Crippen LogP contribution in [-0.2, 0) is 12.8 Å². The molecule has 0 saturated carbocycles. The summed E-state index contributed by atoms with van der Waals surface area (Å²) in [6, 6.07) is 15.6. The standard InChI is InChI=1S/C18H22/c1-4-6-18-15(3)7-5-8-17(18)13-16-11-9-14(2)10-12-16/h5,7-12H,4,6,13H2,1-3H3. The number of aryl methyl sites for hydroxylation is 2. The minimum Gasteiger partial charge on any atom is -0.0651 e. The van der Waals surface area contributed by atoms with Gasteiger partial charge in [0, 0.05) is 0 Å². The van der Waals surface area contributed by atoms with Crippen LogP contribution in [0.3, 0.4) is 0 Å². The molecule has 2 rings (SSSR count). The predicted molar refractivity (Wildman–Crippen MR) is 79.2 cm³/mol. The molecule has 0 fully saturated rings. The van der Waals surface area contributed by atoms with Gasteiger partial charge in [-0.1, -0.05) is 61.4 Å². The molecule has 0 aromatic heterocycles. The second-order valence-electron chi connectivity index (χ2n) is 5.12. The molecule has 0 N–H and O–H groups in total. The summed E-state index contributed by atoms with van der Waals surface area (Å²) in [5, 5.41) is 0. The van der Waals surface area contributed by atoms with Crippen molar-refractivity contribution in [3.8, 4) is 0 Å². The van der Waals surface area contributed by atoms with Crippen LogP contribution >= 0.6 is 0 Å². The van der Waals surface area contributed by atoms with Gasteiger partial charge in [0.1, 0.15) is 0 Å². The van der Waals surface area contributed by atoms with Crippen LogP contribution in [0.15, 0.2) is 42.5 Å². The number of benzene rings is 2. The Morgan fingerprint density at radius 1 is 0.889 bits per heavy atom. The Bertz CT molecular complexity index is 506. The second-order valence-corrected chi connectivity index (χ2v) is 5.12. The molecular weight excluding hydrogens is 216 g/mol. The van der Waals surface area contributed by atoms with Crippen molar-refractivity contribution in [1.82, 2.24) is 0 Å². The molecule has 18 heavy (non-hydrogen) atoms. The van der Waals surface area contributed by atoms with E-state index in [1.54, 1.807) is 5.56 Å². The summed E-state index contributed by atoms with van der Waals surface area (Å²) in [6.45, 7) is 6.62. The zero-order valence-corrected chi connectivity index (χ0v) is 11.7. The van der Waals surface area contributed by atoms with E-state index < -0.39 is 0 Å². The first kappa shape index (κ1) is 12.9. The maximum Gasteiger partial charge on any atom is -0.00229 e. The Kier molecular flexibility index (Phi) is 4.19. The number of hydrogen-bond donors (Lipinski definition) is 0. The van der Waals surface area contributed by atoms with E-state index >= 15 is 0 Å². The highest BCUT2D eigenvalue weighted by atomic mass is 14.1. The second kappa shape index (κ2) is 5.86. The summed E-state index contributed by atoms with van der Waals surface area (Å²) in [4.78, 5) is 0. The lowest BCUT2D eigenvalue weighted by Crippen LogP contribution is -1.98. The summed E-state index contributed by atoms with van der Waals surface area (Å²) in [5.41, 5.74) is 7.20. The molecule has 0 saturated heterocycles. The molecule has 2 aromatic carbocycles. The smallest absolute Gasteiger partial charge is 0.00229 e. The van der Waals surface area contributed by atoms with Crippen LogP contribution in [0, 0.1) is 13.8 Å². The van der Waals surface area contributed by atoms with Gasteiger partial charge in [-0.2, -0.15) is 0 Å². The van der Waals surface area contributed by atoms with E-state index in [1.807, 2.05) is 0 Å². The third kappa shape index (κ3) is 3.01. The van der Waals surface area contributed by atoms with E-state index in [9.17, 15) is 0 Å². The Hall–Kier alpha value is -1.56. The monoisotopic (exact) mass is 238 g/mol. The van der Waals surface area contributed by atoms with Gasteiger partial charge in [0.05, 0.1) is 0 Å². The third-order valence-corrected chi connectivity index (χ3v) is 3.52. The summed E-state index contributed by atoms with van der Waals surface area (Å²) >= 11 is 0. The zero-order chi connectivity index (χ0) is 13.0. The molecule has 0 aliphatic carbocycles. The first-order valence-electron chi connectivity index (χ1n) is 6.83. The molecule has 2 aromatic rings. The maximum absolute atomic E-state index is 2.28. The van der Waals surface area contributed by atoms with Crippen molar-refractivity contribution < 1.29 is 0 Å². The van der Waals surface area contributed by atoms with E-state index in [0.29, 0.717) is 0 Å². The zero-order valence-electron chi connectivity index (χ0n) is 11.7. The highest BCUT2D eigenvalue weighted by Crippen LogP contribution is 2.20. The van der Waals surface area contributed by atoms with Crippen LogP contribution in [-0.4, -0.2) is 0 Å². The SMILES string of the molecule is CCCc1c(C)cccc1Cc1ccc(C)cc1. The van der Waals surface area contributed by atoms with Gasteiger partial charge in [-0.3, -0.25) is 0 Å². The van der Waals surface area contributed by atoms with E-state index in [4.69, 9.17) is 0 Å². The summed E-state index contributed by atoms with van der Waals surface area (Å²) in [7, 11) is 0. The summed E-state index contributed by atoms with van der Waals surface area (Å²) in [5.74, 6) is 0. The first-order valence-corrected chi connectivity index (χ1v) is 6.83. The predicted octanol–water partition coefficient (Wildman–Crippen LogP) is 4.85. The van der Waals surface area contributed by atoms with Gasteiger partial charge in [0.2, 0.25) is 0 Å². The molecule has 0 spiro atoms. The van der Waals surface area contributed by atoms with Crippen molar-refractivity contribution in [1.29, 1.82) is 0 Å². The van der Waals surface area contributed by atoms with Crippen molar-refractivity contribution in [2.24, 2.45) is 0 Å². The van der Waals surface area contributed by atoms with Crippen LogP contribution in [0.5, 0.6) is 0 Å². The van der Waals surface area contributed by atoms with Crippen LogP contribution < -0.4 is 0 Å². The first-order chi connectivity index (χ1) is 8.70. The molecule has 0 nitrogen and oxygen atoms in total. The van der Waals surface area contributed by atoms with E-state index in [1.165, 1.54) is 35.1 Å². The van der Waals surface area contributed by atoms with E-state index in [0.717, 1.165) is 6.42 Å². The average Bonchev–Trinajstić information content (AvgIpc) is 2.36. The number of hydrogen-bond acceptors (Lipinski definition) is 0. The lowest BCUT2D eigenvalue weighted by atomic mass is 9.93. The molecule has 0 radical (unpaired) electrons. The topological polar surface area (TPSA) is 0 Å². The molecule has 0 aliphatic rings. The minimum atomic E-state index is 1.05. The fraction of sp³-hybridized carbons (Fsp3) is 0.333. The highest BCUT2D eigenvalue weighted by molar-refractivity contribution is 5.38. The fourth-order valence-corrected chi connectivity index (χ4v) is 2.46. The van der Waals surface area contributed by atoms with Gasteiger partial charge in [0.15, 0.2) is 0 Å². The van der Waals surface area contributed by atoms with Crippen molar-refractivity contribution in [2.45, 2.75) is 40.0 Å². The van der Waals surface area contributed by atoms with Crippen LogP contribution in [0.4, 0.5) is 0 Å². The molecule has 94 valence electrons. The highest BCUT2D eigenvalue weighted by Gasteiger charge is 2.05. The van der Waals surface area contributed by atoms with Crippen molar-refractivity contribution in [3.63, 3.8) is 0 Å². The lowest BCUT2D eigenvalue weighted by molar-refractivity contribution is 0.894. The Morgan fingerprint density at radius 2 is 1.61 bits per heavy atom. The molecule has 0 unspecified atom stereocenters. The van der Waals surface area contributed by atoms with Gasteiger partial charge in [-0.25, -0.2) is 0 Å². The third-order valence-electron chi connectivity index (χ3n) is 3.52. The van der Waals surface area contributed by atoms with Gasteiger partial charge in [-0.15, -0.1) is 0 Å². The summed E-state index contributed by atoms with van der Waals surface area (Å²) in [6.07, 6.45) is 3.46. The fourth-order valence-electron chi connectivity index (χ4n) is 2.46. The molecule has 0 bridgehead atoms. The van der Waals surface area contributed by atoms with Crippen molar-refractivity contribution in [3.05, 3.63) is 70.3 Å². The quantitative estimate of drug-likeness (QED) is 0.714. The molecule has 0 amide bonds. The van der Waals surface area contributed by atoms with Crippen LogP contribution in [0.1, 0.15) is 41.2 Å². The largest absolute Gasteiger partial charge is 0.0651 e. The van der Waals surface area contributed by atoms with Gasteiger partial charge in [0.25, 0.3) is 0 Å². The van der Waals surface area contributed by atoms with Crippen molar-refractivity contribution in [2.75, 3.05) is 0 Å². The Morgan fingerprint density at radius 3 is 2.28 bits per heavy atom. The van der Waals surface area contributed by atoms with E-state index in [2.05, 4.69) is 63.2 Å². The number of rotatable bonds is 4. The maximum atomic E-state index is 2.28. The average molecular weight is 238 g/mol. The molecule has 0 heteroatoms. The lowest BCUT2D eigenvalue weighted by Gasteiger charge is -2.12. The molecule has 0 heterocycles. The van der Waals surface area contributed by atoms with E-state index in [-0.39, 0.29) is 0 Å². The molecule has 0 atom stereocenters.